The van der Waals surface area contributed by atoms with Gasteiger partial charge < -0.3 is 14.7 Å². The maximum atomic E-state index is 14.0. The van der Waals surface area contributed by atoms with Crippen LogP contribution in [-0.4, -0.2) is 35.0 Å². The molecule has 0 saturated carbocycles. The van der Waals surface area contributed by atoms with Crippen LogP contribution >= 0.6 is 11.6 Å². The average Bonchev–Trinajstić information content (AvgIpc) is 3.24. The van der Waals surface area contributed by atoms with Gasteiger partial charge in [-0.1, -0.05) is 72.3 Å². The minimum Gasteiger partial charge on any atom is -0.496 e. The number of methoxy groups -OCH3 is 1. The van der Waals surface area contributed by atoms with Gasteiger partial charge in [0.05, 0.1) is 18.7 Å². The summed E-state index contributed by atoms with van der Waals surface area (Å²) in [7, 11) is 1.51. The number of benzene rings is 3. The van der Waals surface area contributed by atoms with Crippen LogP contribution in [0, 0.1) is 0 Å². The number of rotatable bonds is 5. The van der Waals surface area contributed by atoms with Crippen LogP contribution in [0.25, 0.3) is 11.1 Å². The van der Waals surface area contributed by atoms with Gasteiger partial charge in [0.1, 0.15) is 11.8 Å². The number of carbonyl (C=O) groups excluding carboxylic acids is 1. The lowest BCUT2D eigenvalue weighted by molar-refractivity contribution is -0.141. The van der Waals surface area contributed by atoms with Gasteiger partial charge >= 0.3 is 5.97 Å². The van der Waals surface area contributed by atoms with Gasteiger partial charge in [0.2, 0.25) is 0 Å². The summed E-state index contributed by atoms with van der Waals surface area (Å²) in [6.45, 7) is 0. The Labute approximate surface area is 185 Å². The van der Waals surface area contributed by atoms with Crippen LogP contribution < -0.4 is 4.74 Å². The zero-order chi connectivity index (χ0) is 22.0. The molecule has 1 aliphatic rings. The van der Waals surface area contributed by atoms with Crippen LogP contribution in [0.2, 0.25) is 5.02 Å². The van der Waals surface area contributed by atoms with E-state index in [1.165, 1.54) is 12.0 Å². The van der Waals surface area contributed by atoms with Crippen molar-refractivity contribution in [3.8, 4) is 16.9 Å². The Morgan fingerprint density at radius 3 is 2.35 bits per heavy atom. The predicted molar refractivity (Wildman–Crippen MR) is 119 cm³/mol. The second-order valence-electron chi connectivity index (χ2n) is 7.43. The first-order valence-electron chi connectivity index (χ1n) is 10.0. The van der Waals surface area contributed by atoms with Crippen molar-refractivity contribution in [1.29, 1.82) is 0 Å². The second-order valence-corrected chi connectivity index (χ2v) is 7.84. The summed E-state index contributed by atoms with van der Waals surface area (Å²) in [6.07, 6.45) is 0.870. The molecule has 1 aliphatic heterocycles. The third-order valence-corrected chi connectivity index (χ3v) is 6.06. The molecule has 1 heterocycles. The van der Waals surface area contributed by atoms with Gasteiger partial charge in [-0.15, -0.1) is 0 Å². The molecule has 2 atom stereocenters. The molecule has 1 saturated heterocycles. The maximum Gasteiger partial charge on any atom is 0.326 e. The number of halogens is 1. The van der Waals surface area contributed by atoms with E-state index in [4.69, 9.17) is 16.3 Å². The average molecular weight is 436 g/mol. The van der Waals surface area contributed by atoms with Crippen molar-refractivity contribution in [3.05, 3.63) is 88.9 Å². The molecule has 0 unspecified atom stereocenters. The molecular weight excluding hydrogens is 414 g/mol. The molecule has 1 N–H and O–H groups in total. The summed E-state index contributed by atoms with van der Waals surface area (Å²) in [5, 5.41) is 10.4. The van der Waals surface area contributed by atoms with Crippen LogP contribution in [0.15, 0.2) is 72.8 Å². The molecule has 4 rings (SSSR count). The number of amides is 1. The first-order valence-corrected chi connectivity index (χ1v) is 10.4. The minimum atomic E-state index is -1.03. The van der Waals surface area contributed by atoms with E-state index in [9.17, 15) is 14.7 Å². The number of aliphatic carboxylic acids is 1. The van der Waals surface area contributed by atoms with Crippen molar-refractivity contribution in [2.24, 2.45) is 0 Å². The number of carboxylic acid groups (broad SMARTS) is 1. The lowest BCUT2D eigenvalue weighted by Gasteiger charge is -2.30. The summed E-state index contributed by atoms with van der Waals surface area (Å²) in [4.78, 5) is 27.5. The van der Waals surface area contributed by atoms with E-state index in [0.717, 1.165) is 11.1 Å². The zero-order valence-electron chi connectivity index (χ0n) is 17.0. The van der Waals surface area contributed by atoms with Crippen LogP contribution in [0.3, 0.4) is 0 Å². The van der Waals surface area contributed by atoms with Crippen LogP contribution in [-0.2, 0) is 4.79 Å². The van der Waals surface area contributed by atoms with E-state index < -0.39 is 18.1 Å². The highest BCUT2D eigenvalue weighted by molar-refractivity contribution is 6.31. The SMILES string of the molecule is COc1cccc(-c2ccccc2)c1C(=O)N1[C@H](C(=O)O)CC[C@H]1c1ccccc1Cl. The van der Waals surface area contributed by atoms with Gasteiger partial charge in [0.25, 0.3) is 5.91 Å². The van der Waals surface area contributed by atoms with E-state index in [1.54, 1.807) is 12.1 Å². The summed E-state index contributed by atoms with van der Waals surface area (Å²) in [5.41, 5.74) is 2.64. The molecule has 0 spiro atoms. The highest BCUT2D eigenvalue weighted by Crippen LogP contribution is 2.42. The molecule has 5 nitrogen and oxygen atoms in total. The molecule has 0 aliphatic carbocycles. The Balaban J connectivity index is 1.87. The predicted octanol–water partition coefficient (Wildman–Crippen LogP) is 5.45. The molecule has 31 heavy (non-hydrogen) atoms. The van der Waals surface area contributed by atoms with Crippen molar-refractivity contribution >= 4 is 23.5 Å². The topological polar surface area (TPSA) is 66.8 Å². The van der Waals surface area contributed by atoms with Crippen LogP contribution in [0.4, 0.5) is 0 Å². The Morgan fingerprint density at radius 1 is 0.968 bits per heavy atom. The Morgan fingerprint density at radius 2 is 1.68 bits per heavy atom. The van der Waals surface area contributed by atoms with Gasteiger partial charge in [-0.25, -0.2) is 4.79 Å². The molecule has 0 radical (unpaired) electrons. The molecule has 158 valence electrons. The first kappa shape index (κ1) is 20.9. The van der Waals surface area contributed by atoms with Gasteiger partial charge in [0.15, 0.2) is 0 Å². The summed E-state index contributed by atoms with van der Waals surface area (Å²) < 4.78 is 5.53. The number of carboxylic acids is 1. The number of carbonyl (C=O) groups is 2. The van der Waals surface area contributed by atoms with Crippen LogP contribution in [0.5, 0.6) is 5.75 Å². The van der Waals surface area contributed by atoms with Gasteiger partial charge in [-0.2, -0.15) is 0 Å². The van der Waals surface area contributed by atoms with Crippen molar-refractivity contribution in [2.45, 2.75) is 24.9 Å². The molecule has 3 aromatic carbocycles. The lowest BCUT2D eigenvalue weighted by atomic mass is 9.96. The van der Waals surface area contributed by atoms with Crippen molar-refractivity contribution in [3.63, 3.8) is 0 Å². The Hall–Kier alpha value is -3.31. The van der Waals surface area contributed by atoms with Gasteiger partial charge in [0, 0.05) is 5.02 Å². The van der Waals surface area contributed by atoms with E-state index >= 15 is 0 Å². The Bertz CT molecular complexity index is 1120. The number of ether oxygens (including phenoxy) is 1. The second kappa shape index (κ2) is 8.82. The third kappa shape index (κ3) is 3.89. The standard InChI is InChI=1S/C25H22ClNO4/c1-31-22-13-7-11-17(16-8-3-2-4-9-16)23(22)24(28)27-20(14-15-21(27)25(29)30)18-10-5-6-12-19(18)26/h2-13,20-21H,14-15H2,1H3,(H,29,30)/t20-,21-/m0/s1. The van der Waals surface area contributed by atoms with E-state index in [1.807, 2.05) is 60.7 Å². The van der Waals surface area contributed by atoms with E-state index in [2.05, 4.69) is 0 Å². The van der Waals surface area contributed by atoms with Crippen molar-refractivity contribution in [1.82, 2.24) is 4.90 Å². The molecule has 6 heteroatoms. The largest absolute Gasteiger partial charge is 0.496 e. The minimum absolute atomic E-state index is 0.349. The van der Waals surface area contributed by atoms with E-state index in [-0.39, 0.29) is 5.91 Å². The zero-order valence-corrected chi connectivity index (χ0v) is 17.8. The van der Waals surface area contributed by atoms with E-state index in [0.29, 0.717) is 34.7 Å². The first-order chi connectivity index (χ1) is 15.0. The summed E-state index contributed by atoms with van der Waals surface area (Å²) in [5.74, 6) is -1.01. The fourth-order valence-electron chi connectivity index (χ4n) is 4.30. The fraction of sp³-hybridized carbons (Fsp3) is 0.200. The normalized spacial score (nSPS) is 18.1. The maximum absolute atomic E-state index is 14.0. The summed E-state index contributed by atoms with van der Waals surface area (Å²) >= 11 is 6.42. The number of hydrogen-bond acceptors (Lipinski definition) is 3. The molecule has 3 aromatic rings. The van der Waals surface area contributed by atoms with Gasteiger partial charge in [-0.05, 0) is 41.7 Å². The highest BCUT2D eigenvalue weighted by Gasteiger charge is 2.43. The van der Waals surface area contributed by atoms with Crippen LogP contribution in [0.1, 0.15) is 34.8 Å². The molecule has 1 amide bonds. The molecule has 0 bridgehead atoms. The highest BCUT2D eigenvalue weighted by atomic mass is 35.5. The smallest absolute Gasteiger partial charge is 0.326 e. The monoisotopic (exact) mass is 435 g/mol. The number of nitrogens with zero attached hydrogens (tertiary/aromatic N) is 1. The van der Waals surface area contributed by atoms with Crippen molar-refractivity contribution in [2.75, 3.05) is 7.11 Å². The molecular formula is C25H22ClNO4. The summed E-state index contributed by atoms with van der Waals surface area (Å²) in [6, 6.07) is 20.8. The number of likely N-dealkylation sites (tertiary alicyclic amines) is 1. The third-order valence-electron chi connectivity index (χ3n) is 5.71. The fourth-order valence-corrected chi connectivity index (χ4v) is 4.56. The Kier molecular flexibility index (Phi) is 5.96. The molecule has 1 fully saturated rings. The van der Waals surface area contributed by atoms with Gasteiger partial charge in [-0.3, -0.25) is 4.79 Å². The lowest BCUT2D eigenvalue weighted by Crippen LogP contribution is -2.42. The quantitative estimate of drug-likeness (QED) is 0.579. The molecule has 0 aromatic heterocycles. The van der Waals surface area contributed by atoms with Crippen molar-refractivity contribution < 1.29 is 19.4 Å². The number of hydrogen-bond donors (Lipinski definition) is 1.